The highest BCUT2D eigenvalue weighted by atomic mass is 16.5. The van der Waals surface area contributed by atoms with Gasteiger partial charge in [-0.25, -0.2) is 0 Å². The molecule has 0 heterocycles. The van der Waals surface area contributed by atoms with Crippen LogP contribution in [0.1, 0.15) is 52.4 Å². The molecule has 2 fully saturated rings. The van der Waals surface area contributed by atoms with Crippen LogP contribution >= 0.6 is 0 Å². The average molecular weight is 239 g/mol. The SMILES string of the molecule is COCCCCC1(CNC(C)C)CC2CC2C1. The van der Waals surface area contributed by atoms with Crippen LogP contribution in [0, 0.1) is 17.3 Å². The average Bonchev–Trinajstić information content (AvgIpc) is 2.91. The summed E-state index contributed by atoms with van der Waals surface area (Å²) in [5.74, 6) is 2.18. The summed E-state index contributed by atoms with van der Waals surface area (Å²) >= 11 is 0. The molecular weight excluding hydrogens is 210 g/mol. The minimum absolute atomic E-state index is 0.628. The van der Waals surface area contributed by atoms with Crippen LogP contribution in [0.15, 0.2) is 0 Å². The van der Waals surface area contributed by atoms with E-state index >= 15 is 0 Å². The Kier molecular flexibility index (Phi) is 4.48. The summed E-state index contributed by atoms with van der Waals surface area (Å²) in [6.07, 6.45) is 8.49. The zero-order valence-electron chi connectivity index (χ0n) is 11.8. The van der Waals surface area contributed by atoms with Gasteiger partial charge in [0.25, 0.3) is 0 Å². The van der Waals surface area contributed by atoms with Crippen molar-refractivity contribution in [3.05, 3.63) is 0 Å². The number of unbranched alkanes of at least 4 members (excludes halogenated alkanes) is 1. The van der Waals surface area contributed by atoms with E-state index < -0.39 is 0 Å². The van der Waals surface area contributed by atoms with Gasteiger partial charge in [0.15, 0.2) is 0 Å². The lowest BCUT2D eigenvalue weighted by molar-refractivity contribution is 0.173. The molecule has 17 heavy (non-hydrogen) atoms. The Morgan fingerprint density at radius 1 is 1.24 bits per heavy atom. The van der Waals surface area contributed by atoms with Gasteiger partial charge in [-0.2, -0.15) is 0 Å². The van der Waals surface area contributed by atoms with E-state index in [2.05, 4.69) is 19.2 Å². The van der Waals surface area contributed by atoms with E-state index in [4.69, 9.17) is 4.74 Å². The zero-order chi connectivity index (χ0) is 12.3. The predicted molar refractivity (Wildman–Crippen MR) is 72.1 cm³/mol. The Balaban J connectivity index is 1.76. The van der Waals surface area contributed by atoms with Crippen LogP contribution in [0.25, 0.3) is 0 Å². The number of nitrogens with one attached hydrogen (secondary N) is 1. The number of ether oxygens (including phenoxy) is 1. The van der Waals surface area contributed by atoms with Crippen molar-refractivity contribution in [2.75, 3.05) is 20.3 Å². The molecule has 0 aliphatic heterocycles. The molecule has 0 aromatic carbocycles. The number of rotatable bonds is 8. The third-order valence-electron chi connectivity index (χ3n) is 4.65. The van der Waals surface area contributed by atoms with Crippen molar-refractivity contribution in [1.82, 2.24) is 5.32 Å². The van der Waals surface area contributed by atoms with Gasteiger partial charge in [0, 0.05) is 26.3 Å². The van der Waals surface area contributed by atoms with Crippen molar-refractivity contribution in [3.8, 4) is 0 Å². The maximum absolute atomic E-state index is 5.15. The first-order chi connectivity index (χ1) is 8.15. The first kappa shape index (κ1) is 13.4. The fourth-order valence-corrected chi connectivity index (χ4v) is 3.61. The van der Waals surface area contributed by atoms with Crippen molar-refractivity contribution in [1.29, 1.82) is 0 Å². The predicted octanol–water partition coefficient (Wildman–Crippen LogP) is 3.22. The Bertz CT molecular complexity index is 229. The number of hydrogen-bond donors (Lipinski definition) is 1. The summed E-state index contributed by atoms with van der Waals surface area (Å²) in [6.45, 7) is 6.69. The molecule has 2 unspecified atom stereocenters. The Morgan fingerprint density at radius 3 is 2.53 bits per heavy atom. The maximum atomic E-state index is 5.15. The summed E-state index contributed by atoms with van der Waals surface area (Å²) in [4.78, 5) is 0. The fraction of sp³-hybridized carbons (Fsp3) is 1.00. The topological polar surface area (TPSA) is 21.3 Å². The molecule has 2 atom stereocenters. The molecule has 100 valence electrons. The van der Waals surface area contributed by atoms with Crippen molar-refractivity contribution >= 4 is 0 Å². The molecule has 1 N–H and O–H groups in total. The Morgan fingerprint density at radius 2 is 1.94 bits per heavy atom. The van der Waals surface area contributed by atoms with Gasteiger partial charge in [-0.05, 0) is 49.4 Å². The summed E-state index contributed by atoms with van der Waals surface area (Å²) in [5.41, 5.74) is 0.631. The third-order valence-corrected chi connectivity index (χ3v) is 4.65. The third kappa shape index (κ3) is 3.69. The lowest BCUT2D eigenvalue weighted by Gasteiger charge is -2.32. The molecule has 2 heteroatoms. The molecule has 0 amide bonds. The van der Waals surface area contributed by atoms with Crippen molar-refractivity contribution in [2.45, 2.75) is 58.4 Å². The molecule has 0 spiro atoms. The van der Waals surface area contributed by atoms with Gasteiger partial charge in [0.2, 0.25) is 0 Å². The summed E-state index contributed by atoms with van der Waals surface area (Å²) in [5, 5.41) is 3.68. The van der Waals surface area contributed by atoms with Gasteiger partial charge < -0.3 is 10.1 Å². The largest absolute Gasteiger partial charge is 0.385 e. The van der Waals surface area contributed by atoms with Crippen LogP contribution in [0.5, 0.6) is 0 Å². The van der Waals surface area contributed by atoms with E-state index in [0.29, 0.717) is 11.5 Å². The van der Waals surface area contributed by atoms with Crippen LogP contribution in [0.3, 0.4) is 0 Å². The minimum atomic E-state index is 0.628. The molecule has 0 radical (unpaired) electrons. The van der Waals surface area contributed by atoms with Gasteiger partial charge >= 0.3 is 0 Å². The lowest BCUT2D eigenvalue weighted by Crippen LogP contribution is -2.37. The van der Waals surface area contributed by atoms with E-state index in [1.54, 1.807) is 7.11 Å². The summed E-state index contributed by atoms with van der Waals surface area (Å²) < 4.78 is 5.15. The molecule has 0 bridgehead atoms. The Labute approximate surface area is 107 Å². The van der Waals surface area contributed by atoms with Crippen LogP contribution in [0.2, 0.25) is 0 Å². The molecule has 0 saturated heterocycles. The second-order valence-electron chi connectivity index (χ2n) is 6.65. The molecule has 0 aromatic rings. The normalized spacial score (nSPS) is 35.3. The smallest absolute Gasteiger partial charge is 0.0462 e. The second kappa shape index (κ2) is 5.71. The van der Waals surface area contributed by atoms with E-state index in [9.17, 15) is 0 Å². The van der Waals surface area contributed by atoms with Crippen LogP contribution in [0.4, 0.5) is 0 Å². The van der Waals surface area contributed by atoms with E-state index in [0.717, 1.165) is 18.4 Å². The molecular formula is C15H29NO. The summed E-state index contributed by atoms with van der Waals surface area (Å²) in [7, 11) is 1.81. The second-order valence-corrected chi connectivity index (χ2v) is 6.65. The van der Waals surface area contributed by atoms with E-state index in [1.165, 1.54) is 45.1 Å². The zero-order valence-corrected chi connectivity index (χ0v) is 11.8. The Hall–Kier alpha value is -0.0800. The molecule has 2 rings (SSSR count). The quantitative estimate of drug-likeness (QED) is 0.657. The fourth-order valence-electron chi connectivity index (χ4n) is 3.61. The molecule has 2 aliphatic carbocycles. The van der Waals surface area contributed by atoms with Crippen molar-refractivity contribution < 1.29 is 4.74 Å². The van der Waals surface area contributed by atoms with Gasteiger partial charge in [0.1, 0.15) is 0 Å². The van der Waals surface area contributed by atoms with E-state index in [-0.39, 0.29) is 0 Å². The molecule has 0 aromatic heterocycles. The molecule has 2 saturated carbocycles. The number of methoxy groups -OCH3 is 1. The first-order valence-electron chi connectivity index (χ1n) is 7.37. The van der Waals surface area contributed by atoms with Gasteiger partial charge in [-0.3, -0.25) is 0 Å². The standard InChI is InChI=1S/C15H29NO/c1-12(2)16-11-15(6-4-5-7-17-3)9-13-8-14(13)10-15/h12-14,16H,4-11H2,1-3H3. The number of hydrogen-bond acceptors (Lipinski definition) is 2. The highest BCUT2D eigenvalue weighted by Crippen LogP contribution is 2.61. The summed E-state index contributed by atoms with van der Waals surface area (Å²) in [6, 6.07) is 0.628. The first-order valence-corrected chi connectivity index (χ1v) is 7.37. The van der Waals surface area contributed by atoms with Gasteiger partial charge in [-0.15, -0.1) is 0 Å². The van der Waals surface area contributed by atoms with Crippen LogP contribution in [-0.2, 0) is 4.74 Å². The highest BCUT2D eigenvalue weighted by molar-refractivity contribution is 5.04. The monoisotopic (exact) mass is 239 g/mol. The van der Waals surface area contributed by atoms with Crippen molar-refractivity contribution in [3.63, 3.8) is 0 Å². The van der Waals surface area contributed by atoms with E-state index in [1.807, 2.05) is 0 Å². The maximum Gasteiger partial charge on any atom is 0.0462 e. The van der Waals surface area contributed by atoms with Gasteiger partial charge in [0.05, 0.1) is 0 Å². The minimum Gasteiger partial charge on any atom is -0.385 e. The molecule has 2 nitrogen and oxygen atoms in total. The molecule has 2 aliphatic rings. The van der Waals surface area contributed by atoms with Crippen molar-refractivity contribution in [2.24, 2.45) is 17.3 Å². The highest BCUT2D eigenvalue weighted by Gasteiger charge is 2.52. The van der Waals surface area contributed by atoms with Gasteiger partial charge in [-0.1, -0.05) is 20.3 Å². The lowest BCUT2D eigenvalue weighted by atomic mass is 9.78. The number of fused-ring (bicyclic) bond motifs is 1. The van der Waals surface area contributed by atoms with Crippen LogP contribution in [-0.4, -0.2) is 26.3 Å². The van der Waals surface area contributed by atoms with Crippen LogP contribution < -0.4 is 5.32 Å².